The highest BCUT2D eigenvalue weighted by atomic mass is 16.5. The van der Waals surface area contributed by atoms with Crippen LogP contribution in [-0.4, -0.2) is 47.9 Å². The van der Waals surface area contributed by atoms with Gasteiger partial charge in [0.15, 0.2) is 0 Å². The fraction of sp³-hybridized carbons (Fsp3) is 0.609. The van der Waals surface area contributed by atoms with Gasteiger partial charge in [0, 0.05) is 24.2 Å². The topological polar surface area (TPSA) is 109 Å². The number of piperidine rings is 1. The maximum atomic E-state index is 12.2. The van der Waals surface area contributed by atoms with Gasteiger partial charge in [-0.05, 0) is 56.2 Å². The second kappa shape index (κ2) is 8.49. The highest BCUT2D eigenvalue weighted by Crippen LogP contribution is 2.35. The Morgan fingerprint density at radius 1 is 1.23 bits per heavy atom. The molecule has 31 heavy (non-hydrogen) atoms. The summed E-state index contributed by atoms with van der Waals surface area (Å²) in [7, 11) is 0. The molecule has 8 nitrogen and oxygen atoms in total. The van der Waals surface area contributed by atoms with Gasteiger partial charge in [-0.15, -0.1) is 0 Å². The zero-order chi connectivity index (χ0) is 21.4. The standard InChI is InChI=1S/C23H31N5O3/c24-22(30)17(20-7-5-14-3-1-2-4-18(14)25-20)9-10-31-16-6-8-19-15(11-16)12-28-13-21(29)27-23(28)26-19/h6,8,11,14,17-18,20,25H,1-5,7,9-10,12-13H2,(H2,24,30)(H,26,27,29). The number of rotatable bonds is 6. The Hall–Kier alpha value is -2.61. The largest absolute Gasteiger partial charge is 0.494 e. The number of fused-ring (bicyclic) bond motifs is 3. The quantitative estimate of drug-likeness (QED) is 0.644. The van der Waals surface area contributed by atoms with Crippen molar-refractivity contribution in [2.75, 3.05) is 13.2 Å². The SMILES string of the molecule is NC(=O)C(CCOc1ccc2c(c1)CN1CC(=O)NC1=N2)C1CCC2CCCCC2N1. The third-order valence-corrected chi connectivity index (χ3v) is 7.26. The number of aliphatic imine (C=N–C) groups is 1. The lowest BCUT2D eigenvalue weighted by molar-refractivity contribution is -0.123. The lowest BCUT2D eigenvalue weighted by Crippen LogP contribution is -2.54. The number of hydrogen-bond acceptors (Lipinski definition) is 6. The smallest absolute Gasteiger partial charge is 0.246 e. The Morgan fingerprint density at radius 2 is 2.10 bits per heavy atom. The fourth-order valence-corrected chi connectivity index (χ4v) is 5.62. The van der Waals surface area contributed by atoms with Gasteiger partial charge in [-0.25, -0.2) is 4.99 Å². The van der Waals surface area contributed by atoms with Gasteiger partial charge >= 0.3 is 0 Å². The fourth-order valence-electron chi connectivity index (χ4n) is 5.62. The van der Waals surface area contributed by atoms with Crippen molar-refractivity contribution in [2.45, 2.75) is 63.6 Å². The number of guanidine groups is 1. The van der Waals surface area contributed by atoms with Crippen molar-refractivity contribution in [3.63, 3.8) is 0 Å². The summed E-state index contributed by atoms with van der Waals surface area (Å²) in [4.78, 5) is 30.2. The molecule has 4 atom stereocenters. The van der Waals surface area contributed by atoms with Crippen molar-refractivity contribution in [2.24, 2.45) is 22.6 Å². The molecule has 0 aromatic heterocycles. The molecule has 8 heteroatoms. The maximum absolute atomic E-state index is 12.2. The average Bonchev–Trinajstić information content (AvgIpc) is 3.13. The van der Waals surface area contributed by atoms with Gasteiger partial charge in [0.2, 0.25) is 17.8 Å². The van der Waals surface area contributed by atoms with Crippen molar-refractivity contribution in [1.82, 2.24) is 15.5 Å². The van der Waals surface area contributed by atoms with Gasteiger partial charge < -0.3 is 20.7 Å². The number of nitrogens with one attached hydrogen (secondary N) is 2. The summed E-state index contributed by atoms with van der Waals surface area (Å²) in [6, 6.07) is 6.46. The molecule has 166 valence electrons. The predicted molar refractivity (Wildman–Crippen MR) is 117 cm³/mol. The molecule has 3 fully saturated rings. The van der Waals surface area contributed by atoms with E-state index in [4.69, 9.17) is 10.5 Å². The van der Waals surface area contributed by atoms with Crippen LogP contribution < -0.4 is 21.1 Å². The molecule has 0 bridgehead atoms. The minimum absolute atomic E-state index is 0.0311. The minimum atomic E-state index is -0.242. The summed E-state index contributed by atoms with van der Waals surface area (Å²) >= 11 is 0. The van der Waals surface area contributed by atoms with Crippen LogP contribution in [0.1, 0.15) is 50.5 Å². The lowest BCUT2D eigenvalue weighted by atomic mass is 9.75. The lowest BCUT2D eigenvalue weighted by Gasteiger charge is -2.42. The molecule has 1 aromatic rings. The van der Waals surface area contributed by atoms with Crippen LogP contribution in [0.4, 0.5) is 5.69 Å². The van der Waals surface area contributed by atoms with Crippen molar-refractivity contribution in [3.8, 4) is 5.75 Å². The Bertz CT molecular complexity index is 901. The molecule has 2 amide bonds. The number of hydrogen-bond donors (Lipinski definition) is 3. The molecular formula is C23H31N5O3. The van der Waals surface area contributed by atoms with Crippen molar-refractivity contribution < 1.29 is 14.3 Å². The Balaban J connectivity index is 1.18. The van der Waals surface area contributed by atoms with Crippen LogP contribution >= 0.6 is 0 Å². The number of nitrogens with zero attached hydrogens (tertiary/aromatic N) is 2. The normalized spacial score (nSPS) is 28.0. The second-order valence-electron chi connectivity index (χ2n) is 9.28. The zero-order valence-corrected chi connectivity index (χ0v) is 17.8. The van der Waals surface area contributed by atoms with Gasteiger partial charge in [-0.1, -0.05) is 12.8 Å². The molecule has 1 saturated carbocycles. The second-order valence-corrected chi connectivity index (χ2v) is 9.28. The van der Waals surface area contributed by atoms with Gasteiger partial charge in [0.1, 0.15) is 12.3 Å². The van der Waals surface area contributed by atoms with E-state index in [9.17, 15) is 9.59 Å². The van der Waals surface area contributed by atoms with E-state index in [0.29, 0.717) is 38.1 Å². The van der Waals surface area contributed by atoms with Crippen LogP contribution in [0.5, 0.6) is 5.75 Å². The van der Waals surface area contributed by atoms with Gasteiger partial charge in [-0.2, -0.15) is 0 Å². The van der Waals surface area contributed by atoms with E-state index in [0.717, 1.165) is 29.3 Å². The van der Waals surface area contributed by atoms with E-state index < -0.39 is 0 Å². The third kappa shape index (κ3) is 4.26. The molecule has 5 rings (SSSR count). The van der Waals surface area contributed by atoms with E-state index in [1.54, 1.807) is 0 Å². The van der Waals surface area contributed by atoms with E-state index >= 15 is 0 Å². The number of carbonyl (C=O) groups excluding carboxylic acids is 2. The van der Waals surface area contributed by atoms with Crippen LogP contribution in [0.3, 0.4) is 0 Å². The first kappa shape index (κ1) is 20.3. The molecule has 1 aromatic carbocycles. The van der Waals surface area contributed by atoms with E-state index in [-0.39, 0.29) is 23.8 Å². The number of carbonyl (C=O) groups is 2. The highest BCUT2D eigenvalue weighted by molar-refractivity contribution is 6.05. The molecular weight excluding hydrogens is 394 g/mol. The number of benzene rings is 1. The summed E-state index contributed by atoms with van der Waals surface area (Å²) in [5.41, 5.74) is 7.66. The molecule has 3 aliphatic heterocycles. The molecule has 0 spiro atoms. The molecule has 1 aliphatic carbocycles. The van der Waals surface area contributed by atoms with Crippen LogP contribution in [-0.2, 0) is 16.1 Å². The average molecular weight is 426 g/mol. The predicted octanol–water partition coefficient (Wildman–Crippen LogP) is 1.80. The summed E-state index contributed by atoms with van der Waals surface area (Å²) < 4.78 is 6.00. The van der Waals surface area contributed by atoms with Crippen molar-refractivity contribution in [1.29, 1.82) is 0 Å². The van der Waals surface area contributed by atoms with E-state index in [2.05, 4.69) is 15.6 Å². The van der Waals surface area contributed by atoms with Crippen LogP contribution in [0, 0.1) is 11.8 Å². The maximum Gasteiger partial charge on any atom is 0.246 e. The van der Waals surface area contributed by atoms with Crippen molar-refractivity contribution in [3.05, 3.63) is 23.8 Å². The summed E-state index contributed by atoms with van der Waals surface area (Å²) in [5, 5.41) is 6.51. The molecule has 2 saturated heterocycles. The highest BCUT2D eigenvalue weighted by Gasteiger charge is 2.36. The van der Waals surface area contributed by atoms with E-state index in [1.807, 2.05) is 23.1 Å². The zero-order valence-electron chi connectivity index (χ0n) is 17.8. The first-order valence-electron chi connectivity index (χ1n) is 11.5. The Labute approximate surface area is 182 Å². The van der Waals surface area contributed by atoms with Gasteiger partial charge in [0.05, 0.1) is 18.2 Å². The van der Waals surface area contributed by atoms with Crippen LogP contribution in [0.2, 0.25) is 0 Å². The van der Waals surface area contributed by atoms with Gasteiger partial charge in [0.25, 0.3) is 0 Å². The molecule has 0 radical (unpaired) electrons. The molecule has 4 aliphatic rings. The van der Waals surface area contributed by atoms with E-state index in [1.165, 1.54) is 32.1 Å². The number of ether oxygens (including phenoxy) is 1. The summed E-state index contributed by atoms with van der Waals surface area (Å²) in [6.45, 7) is 1.40. The summed E-state index contributed by atoms with van der Waals surface area (Å²) in [5.74, 6) is 1.65. The van der Waals surface area contributed by atoms with Crippen molar-refractivity contribution >= 4 is 23.5 Å². The minimum Gasteiger partial charge on any atom is -0.494 e. The number of nitrogens with two attached hydrogens (primary N) is 1. The first-order valence-corrected chi connectivity index (χ1v) is 11.5. The molecule has 4 unspecified atom stereocenters. The van der Waals surface area contributed by atoms with Gasteiger partial charge in [-0.3, -0.25) is 14.9 Å². The monoisotopic (exact) mass is 425 g/mol. The van der Waals surface area contributed by atoms with Crippen LogP contribution in [0.25, 0.3) is 0 Å². The third-order valence-electron chi connectivity index (χ3n) is 7.26. The molecule has 3 heterocycles. The molecule has 4 N–H and O–H groups in total. The summed E-state index contributed by atoms with van der Waals surface area (Å²) in [6.07, 6.45) is 7.93. The first-order chi connectivity index (χ1) is 15.1. The Kier molecular flexibility index (Phi) is 5.56. The number of amides is 2. The van der Waals surface area contributed by atoms with Crippen LogP contribution in [0.15, 0.2) is 23.2 Å². The number of primary amides is 1. The Morgan fingerprint density at radius 3 is 2.97 bits per heavy atom.